The quantitative estimate of drug-likeness (QED) is 0.796. The fourth-order valence-corrected chi connectivity index (χ4v) is 2.10. The van der Waals surface area contributed by atoms with Crippen molar-refractivity contribution in [2.24, 2.45) is 0 Å². The van der Waals surface area contributed by atoms with Crippen molar-refractivity contribution in [3.05, 3.63) is 28.8 Å². The summed E-state index contributed by atoms with van der Waals surface area (Å²) in [5.41, 5.74) is 0.536. The van der Waals surface area contributed by atoms with Crippen molar-refractivity contribution in [2.45, 2.75) is 38.4 Å². The number of aliphatic hydroxyl groups excluding tert-OH is 1. The number of hydrogen-bond donors (Lipinski definition) is 1. The smallest absolute Gasteiger partial charge is 0.126 e. The van der Waals surface area contributed by atoms with E-state index >= 15 is 0 Å². The molecule has 1 unspecified atom stereocenters. The third-order valence-corrected chi connectivity index (χ3v) is 3.30. The van der Waals surface area contributed by atoms with E-state index in [0.717, 1.165) is 17.7 Å². The van der Waals surface area contributed by atoms with Gasteiger partial charge in [-0.1, -0.05) is 18.5 Å². The van der Waals surface area contributed by atoms with Gasteiger partial charge in [0.05, 0.1) is 6.10 Å². The van der Waals surface area contributed by atoms with Gasteiger partial charge in [-0.3, -0.25) is 0 Å². The molecule has 0 saturated carbocycles. The Morgan fingerprint density at radius 1 is 1.60 bits per heavy atom. The van der Waals surface area contributed by atoms with E-state index in [9.17, 15) is 5.11 Å². The topological polar surface area (TPSA) is 29.5 Å². The summed E-state index contributed by atoms with van der Waals surface area (Å²) < 4.78 is 5.88. The highest BCUT2D eigenvalue weighted by Gasteiger charge is 2.35. The lowest BCUT2D eigenvalue weighted by Gasteiger charge is -2.37. The summed E-state index contributed by atoms with van der Waals surface area (Å²) in [7, 11) is 0. The van der Waals surface area contributed by atoms with Crippen molar-refractivity contribution < 1.29 is 9.84 Å². The minimum Gasteiger partial charge on any atom is -0.487 e. The SMILES string of the molecule is CCC1(C)C[C@H](O)c2cc(Cl)ccc2O1. The van der Waals surface area contributed by atoms with Crippen molar-refractivity contribution >= 4 is 11.6 Å². The Hall–Kier alpha value is -0.730. The standard InChI is InChI=1S/C12H15ClO2/c1-3-12(2)7-10(14)9-6-8(13)4-5-11(9)15-12/h4-6,10,14H,3,7H2,1-2H3/t10-,12?/m0/s1. The highest BCUT2D eigenvalue weighted by Crippen LogP contribution is 2.41. The van der Waals surface area contributed by atoms with Gasteiger partial charge in [0.25, 0.3) is 0 Å². The molecule has 1 aromatic rings. The van der Waals surface area contributed by atoms with Crippen molar-refractivity contribution in [3.8, 4) is 5.75 Å². The van der Waals surface area contributed by atoms with Crippen LogP contribution in [0.5, 0.6) is 5.75 Å². The van der Waals surface area contributed by atoms with Crippen LogP contribution in [0.4, 0.5) is 0 Å². The lowest BCUT2D eigenvalue weighted by molar-refractivity contribution is -0.00375. The summed E-state index contributed by atoms with van der Waals surface area (Å²) in [5.74, 6) is 0.752. The monoisotopic (exact) mass is 226 g/mol. The molecule has 0 radical (unpaired) electrons. The molecule has 1 aromatic carbocycles. The van der Waals surface area contributed by atoms with Crippen LogP contribution in [0.2, 0.25) is 5.02 Å². The van der Waals surface area contributed by atoms with E-state index in [2.05, 4.69) is 6.92 Å². The van der Waals surface area contributed by atoms with Crippen molar-refractivity contribution in [3.63, 3.8) is 0 Å². The molecule has 0 saturated heterocycles. The van der Waals surface area contributed by atoms with Gasteiger partial charge in [0, 0.05) is 17.0 Å². The number of halogens is 1. The zero-order valence-electron chi connectivity index (χ0n) is 8.96. The first-order chi connectivity index (χ1) is 7.04. The largest absolute Gasteiger partial charge is 0.487 e. The van der Waals surface area contributed by atoms with Crippen LogP contribution in [0.1, 0.15) is 38.4 Å². The van der Waals surface area contributed by atoms with Gasteiger partial charge in [0.2, 0.25) is 0 Å². The van der Waals surface area contributed by atoms with E-state index in [1.54, 1.807) is 12.1 Å². The van der Waals surface area contributed by atoms with Gasteiger partial charge in [-0.05, 0) is 31.5 Å². The third kappa shape index (κ3) is 1.97. The minimum atomic E-state index is -0.475. The molecule has 1 aliphatic rings. The van der Waals surface area contributed by atoms with E-state index in [1.165, 1.54) is 0 Å². The summed E-state index contributed by atoms with van der Waals surface area (Å²) in [6, 6.07) is 5.39. The Bertz CT molecular complexity index is 378. The first-order valence-corrected chi connectivity index (χ1v) is 5.58. The molecule has 0 amide bonds. The number of fused-ring (bicyclic) bond motifs is 1. The minimum absolute atomic E-state index is 0.264. The molecule has 3 heteroatoms. The fourth-order valence-electron chi connectivity index (χ4n) is 1.92. The van der Waals surface area contributed by atoms with E-state index in [4.69, 9.17) is 16.3 Å². The molecule has 0 aromatic heterocycles. The van der Waals surface area contributed by atoms with Gasteiger partial charge in [-0.25, -0.2) is 0 Å². The summed E-state index contributed by atoms with van der Waals surface area (Å²) >= 11 is 5.88. The third-order valence-electron chi connectivity index (χ3n) is 3.06. The zero-order valence-corrected chi connectivity index (χ0v) is 9.71. The zero-order chi connectivity index (χ0) is 11.1. The molecule has 0 spiro atoms. The average molecular weight is 227 g/mol. The molecule has 1 aliphatic heterocycles. The molecule has 82 valence electrons. The van der Waals surface area contributed by atoms with Crippen LogP contribution in [0.3, 0.4) is 0 Å². The van der Waals surface area contributed by atoms with Crippen LogP contribution in [-0.2, 0) is 0 Å². The maximum atomic E-state index is 10.0. The molecule has 15 heavy (non-hydrogen) atoms. The predicted octanol–water partition coefficient (Wildman–Crippen LogP) is 3.32. The first kappa shape index (κ1) is 10.8. The van der Waals surface area contributed by atoms with Crippen LogP contribution in [-0.4, -0.2) is 10.7 Å². The summed E-state index contributed by atoms with van der Waals surface area (Å²) in [6.07, 6.45) is 1.03. The molecule has 1 heterocycles. The van der Waals surface area contributed by atoms with Gasteiger partial charge < -0.3 is 9.84 Å². The second kappa shape index (κ2) is 3.69. The normalized spacial score (nSPS) is 29.5. The van der Waals surface area contributed by atoms with Gasteiger partial charge >= 0.3 is 0 Å². The van der Waals surface area contributed by atoms with E-state index < -0.39 is 6.10 Å². The van der Waals surface area contributed by atoms with Gasteiger partial charge in [-0.2, -0.15) is 0 Å². The van der Waals surface area contributed by atoms with Crippen LogP contribution in [0.15, 0.2) is 18.2 Å². The van der Waals surface area contributed by atoms with Crippen molar-refractivity contribution in [1.82, 2.24) is 0 Å². The lowest BCUT2D eigenvalue weighted by Crippen LogP contribution is -2.37. The van der Waals surface area contributed by atoms with Crippen LogP contribution in [0, 0.1) is 0 Å². The van der Waals surface area contributed by atoms with E-state index in [1.807, 2.05) is 13.0 Å². The molecule has 2 rings (SSSR count). The molecular weight excluding hydrogens is 212 g/mol. The molecular formula is C12H15ClO2. The molecule has 1 N–H and O–H groups in total. The Kier molecular flexibility index (Phi) is 2.65. The Morgan fingerprint density at radius 3 is 3.00 bits per heavy atom. The molecule has 0 aliphatic carbocycles. The lowest BCUT2D eigenvalue weighted by atomic mass is 9.88. The van der Waals surface area contributed by atoms with Gasteiger partial charge in [-0.15, -0.1) is 0 Å². The highest BCUT2D eigenvalue weighted by atomic mass is 35.5. The van der Waals surface area contributed by atoms with E-state index in [0.29, 0.717) is 11.4 Å². The molecule has 2 atom stereocenters. The molecule has 0 bridgehead atoms. The maximum Gasteiger partial charge on any atom is 0.126 e. The van der Waals surface area contributed by atoms with Crippen LogP contribution in [0.25, 0.3) is 0 Å². The van der Waals surface area contributed by atoms with Crippen molar-refractivity contribution in [1.29, 1.82) is 0 Å². The summed E-state index contributed by atoms with van der Waals surface area (Å²) in [6.45, 7) is 4.08. The van der Waals surface area contributed by atoms with Crippen LogP contribution >= 0.6 is 11.6 Å². The average Bonchev–Trinajstić information content (AvgIpc) is 2.20. The molecule has 0 fully saturated rings. The predicted molar refractivity (Wildman–Crippen MR) is 60.4 cm³/mol. The maximum absolute atomic E-state index is 10.0. The van der Waals surface area contributed by atoms with Gasteiger partial charge in [0.15, 0.2) is 0 Å². The van der Waals surface area contributed by atoms with E-state index in [-0.39, 0.29) is 5.60 Å². The fraction of sp³-hybridized carbons (Fsp3) is 0.500. The van der Waals surface area contributed by atoms with Gasteiger partial charge in [0.1, 0.15) is 11.4 Å². The Labute approximate surface area is 94.8 Å². The number of aliphatic hydroxyl groups is 1. The molecule has 2 nitrogen and oxygen atoms in total. The highest BCUT2D eigenvalue weighted by molar-refractivity contribution is 6.30. The number of hydrogen-bond acceptors (Lipinski definition) is 2. The summed E-state index contributed by atoms with van der Waals surface area (Å²) in [4.78, 5) is 0. The number of ether oxygens (including phenoxy) is 1. The number of benzene rings is 1. The second-order valence-electron chi connectivity index (χ2n) is 4.31. The Balaban J connectivity index is 2.41. The summed E-state index contributed by atoms with van der Waals surface area (Å²) in [5, 5.41) is 10.6. The number of rotatable bonds is 1. The Morgan fingerprint density at radius 2 is 2.33 bits per heavy atom. The van der Waals surface area contributed by atoms with Crippen LogP contribution < -0.4 is 4.74 Å². The second-order valence-corrected chi connectivity index (χ2v) is 4.74. The first-order valence-electron chi connectivity index (χ1n) is 5.20. The van der Waals surface area contributed by atoms with Crippen molar-refractivity contribution in [2.75, 3.05) is 0 Å².